The highest BCUT2D eigenvalue weighted by atomic mass is 32.2. The lowest BCUT2D eigenvalue weighted by molar-refractivity contribution is 0.102. The number of aromatic nitrogens is 1. The van der Waals surface area contributed by atoms with Crippen LogP contribution in [0.4, 0.5) is 0 Å². The summed E-state index contributed by atoms with van der Waals surface area (Å²) in [6, 6.07) is 5.68. The molecule has 0 spiro atoms. The number of ketones is 1. The third kappa shape index (κ3) is 1.40. The van der Waals surface area contributed by atoms with Crippen LogP contribution < -0.4 is 9.47 Å². The summed E-state index contributed by atoms with van der Waals surface area (Å²) in [5.41, 5.74) is 2.48. The normalized spacial score (nSPS) is 17.0. The van der Waals surface area contributed by atoms with Gasteiger partial charge in [0.1, 0.15) is 0 Å². The Kier molecular flexibility index (Phi) is 2.05. The van der Waals surface area contributed by atoms with Crippen LogP contribution >= 0.6 is 11.8 Å². The van der Waals surface area contributed by atoms with Gasteiger partial charge in [0.05, 0.1) is 17.0 Å². The summed E-state index contributed by atoms with van der Waals surface area (Å²) in [5.74, 6) is 2.95. The molecule has 0 atom stereocenters. The average Bonchev–Trinajstić information content (AvgIpc) is 2.81. The third-order valence-corrected chi connectivity index (χ3v) is 4.10. The second-order valence-corrected chi connectivity index (χ2v) is 5.28. The number of rotatable bonds is 0. The number of benzene rings is 1. The van der Waals surface area contributed by atoms with Gasteiger partial charge < -0.3 is 9.47 Å². The van der Waals surface area contributed by atoms with E-state index in [4.69, 9.17) is 9.47 Å². The molecule has 3 heterocycles. The van der Waals surface area contributed by atoms with Crippen LogP contribution in [0.3, 0.4) is 0 Å². The van der Waals surface area contributed by atoms with E-state index in [1.54, 1.807) is 11.8 Å². The van der Waals surface area contributed by atoms with E-state index in [-0.39, 0.29) is 12.6 Å². The summed E-state index contributed by atoms with van der Waals surface area (Å²) in [6.07, 6.45) is 0. The van der Waals surface area contributed by atoms with E-state index in [0.717, 1.165) is 39.4 Å². The first kappa shape index (κ1) is 10.2. The number of pyridine rings is 1. The smallest absolute Gasteiger partial charge is 0.231 e. The van der Waals surface area contributed by atoms with E-state index in [0.29, 0.717) is 5.75 Å². The number of thioether (sulfide) groups is 1. The molecule has 2 aromatic rings. The molecule has 0 fully saturated rings. The van der Waals surface area contributed by atoms with Crippen molar-refractivity contribution in [3.05, 3.63) is 29.5 Å². The molecule has 5 heteroatoms. The van der Waals surface area contributed by atoms with E-state index in [1.807, 2.05) is 18.2 Å². The Hall–Kier alpha value is -1.75. The van der Waals surface area contributed by atoms with Crippen LogP contribution in [0.25, 0.3) is 10.9 Å². The van der Waals surface area contributed by atoms with E-state index < -0.39 is 0 Å². The van der Waals surface area contributed by atoms with Crippen LogP contribution in [0, 0.1) is 0 Å². The van der Waals surface area contributed by atoms with Crippen LogP contribution in [0.15, 0.2) is 18.2 Å². The van der Waals surface area contributed by atoms with Gasteiger partial charge in [-0.15, -0.1) is 11.8 Å². The Morgan fingerprint density at radius 3 is 2.83 bits per heavy atom. The summed E-state index contributed by atoms with van der Waals surface area (Å²) >= 11 is 1.61. The monoisotopic (exact) mass is 259 g/mol. The Labute approximate surface area is 107 Å². The largest absolute Gasteiger partial charge is 0.454 e. The summed E-state index contributed by atoms with van der Waals surface area (Å²) in [6.45, 7) is 0.250. The molecule has 0 saturated carbocycles. The van der Waals surface area contributed by atoms with Gasteiger partial charge in [-0.3, -0.25) is 9.78 Å². The van der Waals surface area contributed by atoms with E-state index in [9.17, 15) is 4.79 Å². The second kappa shape index (κ2) is 3.62. The van der Waals surface area contributed by atoms with Gasteiger partial charge >= 0.3 is 0 Å². The highest BCUT2D eigenvalue weighted by Crippen LogP contribution is 2.37. The van der Waals surface area contributed by atoms with Crippen LogP contribution in [0.2, 0.25) is 0 Å². The van der Waals surface area contributed by atoms with Gasteiger partial charge in [0.15, 0.2) is 17.3 Å². The van der Waals surface area contributed by atoms with Crippen LogP contribution in [0.5, 0.6) is 11.5 Å². The van der Waals surface area contributed by atoms with Gasteiger partial charge in [0.25, 0.3) is 0 Å². The molecular weight excluding hydrogens is 250 g/mol. The molecule has 0 saturated heterocycles. The van der Waals surface area contributed by atoms with Crippen molar-refractivity contribution in [1.29, 1.82) is 0 Å². The fraction of sp³-hybridized carbons (Fsp3) is 0.231. The topological polar surface area (TPSA) is 48.4 Å². The zero-order valence-electron chi connectivity index (χ0n) is 9.43. The number of hydrogen-bond acceptors (Lipinski definition) is 5. The Bertz CT molecular complexity index is 683. The third-order valence-electron chi connectivity index (χ3n) is 3.16. The maximum absolute atomic E-state index is 11.8. The highest BCUT2D eigenvalue weighted by molar-refractivity contribution is 7.99. The minimum absolute atomic E-state index is 0.160. The van der Waals surface area contributed by atoms with Crippen molar-refractivity contribution >= 4 is 28.4 Å². The van der Waals surface area contributed by atoms with E-state index in [2.05, 4.69) is 4.98 Å². The minimum atomic E-state index is 0.160. The van der Waals surface area contributed by atoms with Gasteiger partial charge in [-0.25, -0.2) is 0 Å². The number of carbonyl (C=O) groups excluding carboxylic acids is 1. The molecule has 0 bridgehead atoms. The predicted octanol–water partition coefficient (Wildman–Crippen LogP) is 2.39. The number of carbonyl (C=O) groups is 1. The molecule has 18 heavy (non-hydrogen) atoms. The molecule has 0 amide bonds. The number of fused-ring (bicyclic) bond motifs is 3. The lowest BCUT2D eigenvalue weighted by Crippen LogP contribution is -2.13. The SMILES string of the molecule is O=C1CSCc2nc3cc4c(cc3cc21)OCO4. The lowest BCUT2D eigenvalue weighted by atomic mass is 10.1. The second-order valence-electron chi connectivity index (χ2n) is 4.30. The Morgan fingerprint density at radius 2 is 1.94 bits per heavy atom. The van der Waals surface area contributed by atoms with Gasteiger partial charge in [0.2, 0.25) is 6.79 Å². The molecule has 0 aliphatic carbocycles. The summed E-state index contributed by atoms with van der Waals surface area (Å²) in [4.78, 5) is 16.4. The van der Waals surface area contributed by atoms with Crippen molar-refractivity contribution in [3.8, 4) is 11.5 Å². The molecule has 2 aliphatic heterocycles. The van der Waals surface area contributed by atoms with Crippen LogP contribution in [0.1, 0.15) is 16.1 Å². The summed E-state index contributed by atoms with van der Waals surface area (Å²) in [7, 11) is 0. The Morgan fingerprint density at radius 1 is 1.11 bits per heavy atom. The number of Topliss-reactive ketones (excluding diaryl/α,β-unsaturated/α-hetero) is 1. The first-order valence-corrected chi connectivity index (χ1v) is 6.81. The molecule has 1 aromatic carbocycles. The molecule has 4 nitrogen and oxygen atoms in total. The fourth-order valence-corrected chi connectivity index (χ4v) is 3.13. The van der Waals surface area contributed by atoms with E-state index >= 15 is 0 Å². The number of hydrogen-bond donors (Lipinski definition) is 0. The maximum atomic E-state index is 11.8. The van der Waals surface area contributed by atoms with Crippen molar-refractivity contribution in [2.75, 3.05) is 12.5 Å². The highest BCUT2D eigenvalue weighted by Gasteiger charge is 2.21. The maximum Gasteiger partial charge on any atom is 0.231 e. The molecule has 0 radical (unpaired) electrons. The van der Waals surface area contributed by atoms with Crippen molar-refractivity contribution < 1.29 is 14.3 Å². The number of nitrogens with zero attached hydrogens (tertiary/aromatic N) is 1. The quantitative estimate of drug-likeness (QED) is 0.727. The van der Waals surface area contributed by atoms with Gasteiger partial charge in [-0.1, -0.05) is 0 Å². The summed E-state index contributed by atoms with van der Waals surface area (Å²) < 4.78 is 10.7. The van der Waals surface area contributed by atoms with Crippen LogP contribution in [-0.4, -0.2) is 23.3 Å². The average molecular weight is 259 g/mol. The number of ether oxygens (including phenoxy) is 2. The fourth-order valence-electron chi connectivity index (χ4n) is 2.27. The van der Waals surface area contributed by atoms with Crippen LogP contribution in [-0.2, 0) is 5.75 Å². The van der Waals surface area contributed by atoms with Crippen molar-refractivity contribution in [2.24, 2.45) is 0 Å². The lowest BCUT2D eigenvalue weighted by Gasteiger charge is -2.14. The van der Waals surface area contributed by atoms with Gasteiger partial charge in [-0.05, 0) is 12.1 Å². The molecule has 90 valence electrons. The zero-order chi connectivity index (χ0) is 12.1. The predicted molar refractivity (Wildman–Crippen MR) is 68.4 cm³/mol. The minimum Gasteiger partial charge on any atom is -0.454 e. The van der Waals surface area contributed by atoms with Crippen molar-refractivity contribution in [3.63, 3.8) is 0 Å². The zero-order valence-corrected chi connectivity index (χ0v) is 10.3. The standard InChI is InChI=1S/C13H9NO3S/c15-11-5-18-4-10-8(11)1-7-2-12-13(17-6-16-12)3-9(7)14-10/h1-3H,4-6H2. The van der Waals surface area contributed by atoms with Gasteiger partial charge in [-0.2, -0.15) is 0 Å². The van der Waals surface area contributed by atoms with E-state index in [1.165, 1.54) is 0 Å². The molecule has 0 unspecified atom stereocenters. The molecular formula is C13H9NO3S. The molecule has 0 N–H and O–H groups in total. The summed E-state index contributed by atoms with van der Waals surface area (Å²) in [5, 5.41) is 0.929. The molecule has 2 aliphatic rings. The molecule has 1 aromatic heterocycles. The van der Waals surface area contributed by atoms with Gasteiger partial charge in [0, 0.05) is 22.8 Å². The first-order chi connectivity index (χ1) is 8.81. The molecule has 4 rings (SSSR count). The van der Waals surface area contributed by atoms with Crippen molar-refractivity contribution in [2.45, 2.75) is 5.75 Å². The first-order valence-electron chi connectivity index (χ1n) is 5.65. The Balaban J connectivity index is 1.99. The van der Waals surface area contributed by atoms with Crippen molar-refractivity contribution in [1.82, 2.24) is 4.98 Å².